The third kappa shape index (κ3) is 3.30. The van der Waals surface area contributed by atoms with E-state index in [9.17, 15) is 9.59 Å². The van der Waals surface area contributed by atoms with Gasteiger partial charge in [-0.2, -0.15) is 0 Å². The lowest BCUT2D eigenvalue weighted by molar-refractivity contribution is 0.0735. The molecule has 0 radical (unpaired) electrons. The Kier molecular flexibility index (Phi) is 4.18. The Hall–Kier alpha value is -3.77. The molecule has 0 aliphatic heterocycles. The molecule has 0 fully saturated rings. The first-order chi connectivity index (χ1) is 14.2. The Morgan fingerprint density at radius 3 is 2.55 bits per heavy atom. The number of para-hydroxylation sites is 1. The third-order valence-corrected chi connectivity index (χ3v) is 5.52. The van der Waals surface area contributed by atoms with E-state index in [4.69, 9.17) is 9.15 Å². The van der Waals surface area contributed by atoms with Gasteiger partial charge in [0.1, 0.15) is 16.3 Å². The minimum atomic E-state index is -0.483. The first-order valence-corrected chi connectivity index (χ1v) is 9.70. The van der Waals surface area contributed by atoms with E-state index in [1.54, 1.807) is 48.5 Å². The Bertz CT molecular complexity index is 1390. The highest BCUT2D eigenvalue weighted by molar-refractivity contribution is 7.21. The number of rotatable bonds is 3. The van der Waals surface area contributed by atoms with Gasteiger partial charge in [0.15, 0.2) is 0 Å². The van der Waals surface area contributed by atoms with Crippen LogP contribution in [0.5, 0.6) is 5.75 Å². The maximum absolute atomic E-state index is 12.6. The average Bonchev–Trinajstić information content (AvgIpc) is 3.18. The van der Waals surface area contributed by atoms with Crippen molar-refractivity contribution in [3.05, 3.63) is 94.8 Å². The Morgan fingerprint density at radius 1 is 0.931 bits per heavy atom. The van der Waals surface area contributed by atoms with Crippen molar-refractivity contribution in [2.75, 3.05) is 0 Å². The molecule has 0 spiro atoms. The molecule has 2 heterocycles. The van der Waals surface area contributed by atoms with Gasteiger partial charge >= 0.3 is 11.6 Å². The smallest absolute Gasteiger partial charge is 0.346 e. The quantitative estimate of drug-likeness (QED) is 0.234. The number of benzene rings is 3. The van der Waals surface area contributed by atoms with Gasteiger partial charge in [0.2, 0.25) is 0 Å². The number of hydrogen-bond donors (Lipinski definition) is 0. The summed E-state index contributed by atoms with van der Waals surface area (Å²) in [6.45, 7) is 0. The summed E-state index contributed by atoms with van der Waals surface area (Å²) in [4.78, 5) is 29.3. The molecule has 0 atom stereocenters. The third-order valence-electron chi connectivity index (χ3n) is 4.45. The zero-order chi connectivity index (χ0) is 19.8. The monoisotopic (exact) mass is 399 g/mol. The van der Waals surface area contributed by atoms with E-state index in [2.05, 4.69) is 4.98 Å². The van der Waals surface area contributed by atoms with Gasteiger partial charge in [-0.05, 0) is 42.5 Å². The van der Waals surface area contributed by atoms with Gasteiger partial charge in [-0.15, -0.1) is 11.3 Å². The fourth-order valence-corrected chi connectivity index (χ4v) is 4.00. The van der Waals surface area contributed by atoms with Crippen molar-refractivity contribution in [3.63, 3.8) is 0 Å². The summed E-state index contributed by atoms with van der Waals surface area (Å²) >= 11 is 1.44. The van der Waals surface area contributed by atoms with Gasteiger partial charge in [0, 0.05) is 11.5 Å². The fourth-order valence-electron chi connectivity index (χ4n) is 3.03. The molecule has 6 heteroatoms. The van der Waals surface area contributed by atoms with E-state index in [1.165, 1.54) is 11.3 Å². The second-order valence-electron chi connectivity index (χ2n) is 6.39. The highest BCUT2D eigenvalue weighted by Gasteiger charge is 2.14. The summed E-state index contributed by atoms with van der Waals surface area (Å²) in [5.74, 6) is -0.166. The van der Waals surface area contributed by atoms with Crippen LogP contribution in [0, 0.1) is 0 Å². The van der Waals surface area contributed by atoms with E-state index in [1.807, 2.05) is 30.3 Å². The summed E-state index contributed by atoms with van der Waals surface area (Å²) in [5.41, 5.74) is 1.56. The molecule has 29 heavy (non-hydrogen) atoms. The number of nitrogens with zero attached hydrogens (tertiary/aromatic N) is 1. The zero-order valence-corrected chi connectivity index (χ0v) is 15.8. The van der Waals surface area contributed by atoms with Gasteiger partial charge in [-0.1, -0.05) is 30.3 Å². The van der Waals surface area contributed by atoms with E-state index < -0.39 is 11.6 Å². The van der Waals surface area contributed by atoms with Crippen LogP contribution in [-0.4, -0.2) is 11.0 Å². The minimum Gasteiger partial charge on any atom is -0.423 e. The van der Waals surface area contributed by atoms with E-state index >= 15 is 0 Å². The SMILES string of the molecule is O=C(Oc1ccc2cc(-c3nc4ccccc4s3)c(=O)oc2c1)c1ccccc1. The number of thiazole rings is 1. The molecule has 0 saturated heterocycles. The predicted molar refractivity (Wildman–Crippen MR) is 112 cm³/mol. The van der Waals surface area contributed by atoms with Crippen LogP contribution in [0.1, 0.15) is 10.4 Å². The summed E-state index contributed by atoms with van der Waals surface area (Å²) in [6.07, 6.45) is 0. The number of carbonyl (C=O) groups excluding carboxylic acids is 1. The molecule has 3 aromatic carbocycles. The highest BCUT2D eigenvalue weighted by Crippen LogP contribution is 2.30. The van der Waals surface area contributed by atoms with Crippen LogP contribution in [0.4, 0.5) is 0 Å². The number of ether oxygens (including phenoxy) is 1. The van der Waals surface area contributed by atoms with Crippen molar-refractivity contribution in [2.24, 2.45) is 0 Å². The summed E-state index contributed by atoms with van der Waals surface area (Å²) in [7, 11) is 0. The number of aromatic nitrogens is 1. The Labute approximate surface area is 168 Å². The Balaban J connectivity index is 1.51. The van der Waals surface area contributed by atoms with Crippen molar-refractivity contribution in [2.45, 2.75) is 0 Å². The van der Waals surface area contributed by atoms with E-state index in [0.29, 0.717) is 27.5 Å². The number of carbonyl (C=O) groups is 1. The second-order valence-corrected chi connectivity index (χ2v) is 7.42. The van der Waals surface area contributed by atoms with Gasteiger partial charge in [0.05, 0.1) is 21.3 Å². The van der Waals surface area contributed by atoms with Gasteiger partial charge < -0.3 is 9.15 Å². The fraction of sp³-hybridized carbons (Fsp3) is 0. The molecule has 0 saturated carbocycles. The summed E-state index contributed by atoms with van der Waals surface area (Å²) < 4.78 is 11.9. The average molecular weight is 399 g/mol. The van der Waals surface area contributed by atoms with Gasteiger partial charge in [0.25, 0.3) is 0 Å². The van der Waals surface area contributed by atoms with Crippen molar-refractivity contribution >= 4 is 38.5 Å². The van der Waals surface area contributed by atoms with Gasteiger partial charge in [-0.25, -0.2) is 14.6 Å². The molecule has 0 bridgehead atoms. The maximum Gasteiger partial charge on any atom is 0.346 e. The van der Waals surface area contributed by atoms with Crippen LogP contribution in [0.15, 0.2) is 88.1 Å². The maximum atomic E-state index is 12.6. The predicted octanol–water partition coefficient (Wildman–Crippen LogP) is 5.29. The van der Waals surface area contributed by atoms with Crippen LogP contribution in [0.2, 0.25) is 0 Å². The molecule has 5 aromatic rings. The normalized spacial score (nSPS) is 11.0. The zero-order valence-electron chi connectivity index (χ0n) is 15.0. The van der Waals surface area contributed by atoms with Crippen molar-refractivity contribution in [3.8, 4) is 16.3 Å². The molecule has 0 N–H and O–H groups in total. The lowest BCUT2D eigenvalue weighted by Gasteiger charge is -2.05. The molecular weight excluding hydrogens is 386 g/mol. The van der Waals surface area contributed by atoms with Crippen molar-refractivity contribution < 1.29 is 13.9 Å². The second kappa shape index (κ2) is 7.00. The van der Waals surface area contributed by atoms with Gasteiger partial charge in [-0.3, -0.25) is 0 Å². The molecule has 0 unspecified atom stereocenters. The molecule has 140 valence electrons. The van der Waals surface area contributed by atoms with Crippen molar-refractivity contribution in [1.82, 2.24) is 4.98 Å². The molecule has 2 aromatic heterocycles. The van der Waals surface area contributed by atoms with Crippen LogP contribution in [-0.2, 0) is 0 Å². The summed E-state index contributed by atoms with van der Waals surface area (Å²) in [6, 6.07) is 23.1. The first-order valence-electron chi connectivity index (χ1n) is 8.88. The number of hydrogen-bond acceptors (Lipinski definition) is 6. The summed E-state index contributed by atoms with van der Waals surface area (Å²) in [5, 5.41) is 1.33. The number of esters is 1. The van der Waals surface area contributed by atoms with Crippen LogP contribution < -0.4 is 10.4 Å². The van der Waals surface area contributed by atoms with Crippen LogP contribution in [0.3, 0.4) is 0 Å². The van der Waals surface area contributed by atoms with E-state index in [-0.39, 0.29) is 0 Å². The largest absolute Gasteiger partial charge is 0.423 e. The van der Waals surface area contributed by atoms with Crippen LogP contribution in [0.25, 0.3) is 31.8 Å². The van der Waals surface area contributed by atoms with Crippen LogP contribution >= 0.6 is 11.3 Å². The minimum absolute atomic E-state index is 0.308. The topological polar surface area (TPSA) is 69.4 Å². The molecule has 0 aliphatic carbocycles. The highest BCUT2D eigenvalue weighted by atomic mass is 32.1. The molecular formula is C23H13NO4S. The number of fused-ring (bicyclic) bond motifs is 2. The van der Waals surface area contributed by atoms with Crippen molar-refractivity contribution in [1.29, 1.82) is 0 Å². The molecule has 0 aliphatic rings. The standard InChI is InChI=1S/C23H13NO4S/c25-22(14-6-2-1-3-7-14)27-16-11-10-15-12-17(23(26)28-19(15)13-16)21-24-18-8-4-5-9-20(18)29-21/h1-13H. The Morgan fingerprint density at radius 2 is 1.72 bits per heavy atom. The molecule has 0 amide bonds. The lowest BCUT2D eigenvalue weighted by atomic mass is 10.2. The lowest BCUT2D eigenvalue weighted by Crippen LogP contribution is -2.08. The molecule has 5 nitrogen and oxygen atoms in total. The molecule has 5 rings (SSSR count). The van der Waals surface area contributed by atoms with E-state index in [0.717, 1.165) is 15.6 Å². The first kappa shape index (κ1) is 17.3.